The molecule has 0 aliphatic heterocycles. The van der Waals surface area contributed by atoms with Gasteiger partial charge in [-0.2, -0.15) is 0 Å². The summed E-state index contributed by atoms with van der Waals surface area (Å²) in [6.45, 7) is 3.86. The maximum Gasteiger partial charge on any atom is 0.345 e. The number of carbonyl (C=O) groups is 1. The predicted molar refractivity (Wildman–Crippen MR) is 74.3 cm³/mol. The Morgan fingerprint density at radius 2 is 2.17 bits per heavy atom. The lowest BCUT2D eigenvalue weighted by atomic mass is 9.89. The number of aryl methyl sites for hydroxylation is 1. The molecule has 0 unspecified atom stereocenters. The fourth-order valence-electron chi connectivity index (χ4n) is 2.60. The minimum Gasteiger partial charge on any atom is -0.477 e. The van der Waals surface area contributed by atoms with Crippen molar-refractivity contribution in [1.82, 2.24) is 5.32 Å². The summed E-state index contributed by atoms with van der Waals surface area (Å²) in [6.07, 6.45) is 6.81. The van der Waals surface area contributed by atoms with Crippen LogP contribution in [0.4, 0.5) is 0 Å². The highest BCUT2D eigenvalue weighted by molar-refractivity contribution is 7.14. The predicted octanol–water partition coefficient (Wildman–Crippen LogP) is 3.42. The molecule has 3 nitrogen and oxygen atoms in total. The van der Waals surface area contributed by atoms with Crippen molar-refractivity contribution in [3.05, 3.63) is 21.4 Å². The van der Waals surface area contributed by atoms with E-state index < -0.39 is 5.97 Å². The lowest BCUT2D eigenvalue weighted by Crippen LogP contribution is -2.24. The average Bonchev–Trinajstić information content (AvgIpc) is 2.73. The zero-order valence-electron chi connectivity index (χ0n) is 10.9. The summed E-state index contributed by atoms with van der Waals surface area (Å²) in [7, 11) is 0. The van der Waals surface area contributed by atoms with Crippen molar-refractivity contribution >= 4 is 17.3 Å². The number of nitrogens with one attached hydrogen (secondary N) is 1. The Balaban J connectivity index is 1.80. The molecule has 0 spiro atoms. The van der Waals surface area contributed by atoms with Gasteiger partial charge in [0.05, 0.1) is 0 Å². The molecule has 1 aromatic heterocycles. The van der Waals surface area contributed by atoms with Gasteiger partial charge < -0.3 is 10.4 Å². The summed E-state index contributed by atoms with van der Waals surface area (Å²) in [6, 6.07) is 1.80. The van der Waals surface area contributed by atoms with Crippen LogP contribution in [0.5, 0.6) is 0 Å². The van der Waals surface area contributed by atoms with Gasteiger partial charge in [0.15, 0.2) is 0 Å². The summed E-state index contributed by atoms with van der Waals surface area (Å²) in [5, 5.41) is 12.4. The molecule has 0 atom stereocenters. The van der Waals surface area contributed by atoms with E-state index in [1.165, 1.54) is 43.4 Å². The highest BCUT2D eigenvalue weighted by atomic mass is 32.1. The molecule has 0 radical (unpaired) electrons. The van der Waals surface area contributed by atoms with E-state index in [1.807, 2.05) is 6.92 Å². The molecule has 0 amide bonds. The minimum absolute atomic E-state index is 0.446. The van der Waals surface area contributed by atoms with E-state index in [2.05, 4.69) is 5.32 Å². The number of hydrogen-bond donors (Lipinski definition) is 2. The first-order valence-electron chi connectivity index (χ1n) is 6.70. The van der Waals surface area contributed by atoms with Crippen molar-refractivity contribution in [3.63, 3.8) is 0 Å². The quantitative estimate of drug-likeness (QED) is 0.859. The number of aromatic carboxylic acids is 1. The largest absolute Gasteiger partial charge is 0.477 e. The highest BCUT2D eigenvalue weighted by Crippen LogP contribution is 2.24. The van der Waals surface area contributed by atoms with E-state index in [0.717, 1.165) is 29.4 Å². The molecule has 1 aliphatic rings. The van der Waals surface area contributed by atoms with Crippen molar-refractivity contribution < 1.29 is 9.90 Å². The third-order valence-corrected chi connectivity index (χ3v) is 4.79. The smallest absolute Gasteiger partial charge is 0.345 e. The Bertz CT molecular complexity index is 408. The molecule has 100 valence electrons. The number of rotatable bonds is 5. The van der Waals surface area contributed by atoms with Crippen LogP contribution in [0.25, 0.3) is 0 Å². The van der Waals surface area contributed by atoms with Crippen LogP contribution in [0.15, 0.2) is 6.07 Å². The van der Waals surface area contributed by atoms with Crippen molar-refractivity contribution in [3.8, 4) is 0 Å². The Labute approximate surface area is 112 Å². The van der Waals surface area contributed by atoms with E-state index in [1.54, 1.807) is 6.07 Å². The molecule has 0 aromatic carbocycles. The zero-order valence-corrected chi connectivity index (χ0v) is 11.7. The van der Waals surface area contributed by atoms with Crippen LogP contribution in [0.3, 0.4) is 0 Å². The van der Waals surface area contributed by atoms with Crippen LogP contribution in [-0.2, 0) is 6.54 Å². The fourth-order valence-corrected chi connectivity index (χ4v) is 3.48. The Morgan fingerprint density at radius 3 is 2.78 bits per heavy atom. The van der Waals surface area contributed by atoms with Crippen LogP contribution in [0.2, 0.25) is 0 Å². The number of carboxylic acids is 1. The van der Waals surface area contributed by atoms with Gasteiger partial charge in [-0.25, -0.2) is 4.79 Å². The summed E-state index contributed by atoms with van der Waals surface area (Å²) >= 11 is 1.37. The molecular weight excluding hydrogens is 246 g/mol. The molecule has 1 aromatic rings. The standard InChI is InChI=1S/C14H21NO2S/c1-10-12(7-13(18-10)14(16)17)9-15-8-11-5-3-2-4-6-11/h7,11,15H,2-6,8-9H2,1H3,(H,16,17). The van der Waals surface area contributed by atoms with Crippen LogP contribution < -0.4 is 5.32 Å². The number of thiophene rings is 1. The van der Waals surface area contributed by atoms with Gasteiger partial charge in [-0.3, -0.25) is 0 Å². The van der Waals surface area contributed by atoms with Gasteiger partial charge in [0, 0.05) is 11.4 Å². The molecule has 1 fully saturated rings. The summed E-state index contributed by atoms with van der Waals surface area (Å²) in [4.78, 5) is 12.4. The van der Waals surface area contributed by atoms with Crippen molar-refractivity contribution in [1.29, 1.82) is 0 Å². The monoisotopic (exact) mass is 267 g/mol. The first-order chi connectivity index (χ1) is 8.66. The second kappa shape index (κ2) is 6.34. The van der Waals surface area contributed by atoms with E-state index in [4.69, 9.17) is 5.11 Å². The second-order valence-electron chi connectivity index (χ2n) is 5.13. The van der Waals surface area contributed by atoms with Crippen LogP contribution in [0, 0.1) is 12.8 Å². The second-order valence-corrected chi connectivity index (χ2v) is 6.39. The molecule has 18 heavy (non-hydrogen) atoms. The molecule has 1 aliphatic carbocycles. The third kappa shape index (κ3) is 3.56. The molecule has 4 heteroatoms. The van der Waals surface area contributed by atoms with E-state index >= 15 is 0 Å². The van der Waals surface area contributed by atoms with Gasteiger partial charge in [-0.05, 0) is 43.9 Å². The lowest BCUT2D eigenvalue weighted by Gasteiger charge is -2.21. The number of carboxylic acid groups (broad SMARTS) is 1. The van der Waals surface area contributed by atoms with E-state index in [-0.39, 0.29) is 0 Å². The molecule has 1 heterocycles. The normalized spacial score (nSPS) is 16.9. The minimum atomic E-state index is -0.818. The van der Waals surface area contributed by atoms with Gasteiger partial charge >= 0.3 is 5.97 Å². The Hall–Kier alpha value is -0.870. The molecule has 0 bridgehead atoms. The average molecular weight is 267 g/mol. The zero-order chi connectivity index (χ0) is 13.0. The molecule has 1 saturated carbocycles. The van der Waals surface area contributed by atoms with Gasteiger partial charge in [0.1, 0.15) is 4.88 Å². The van der Waals surface area contributed by atoms with Crippen molar-refractivity contribution in [2.24, 2.45) is 5.92 Å². The molecule has 2 rings (SSSR count). The summed E-state index contributed by atoms with van der Waals surface area (Å²) < 4.78 is 0. The lowest BCUT2D eigenvalue weighted by molar-refractivity contribution is 0.0702. The van der Waals surface area contributed by atoms with Gasteiger partial charge in [0.25, 0.3) is 0 Å². The van der Waals surface area contributed by atoms with Crippen molar-refractivity contribution in [2.75, 3.05) is 6.54 Å². The van der Waals surface area contributed by atoms with E-state index in [0.29, 0.717) is 4.88 Å². The first kappa shape index (κ1) is 13.6. The van der Waals surface area contributed by atoms with Crippen LogP contribution in [-0.4, -0.2) is 17.6 Å². The number of hydrogen-bond acceptors (Lipinski definition) is 3. The SMILES string of the molecule is Cc1sc(C(=O)O)cc1CNCC1CCCCC1. The highest BCUT2D eigenvalue weighted by Gasteiger charge is 2.14. The molecular formula is C14H21NO2S. The van der Waals surface area contributed by atoms with Gasteiger partial charge in [-0.15, -0.1) is 11.3 Å². The summed E-state index contributed by atoms with van der Waals surface area (Å²) in [5.41, 5.74) is 1.13. The van der Waals surface area contributed by atoms with Gasteiger partial charge in [0.2, 0.25) is 0 Å². The first-order valence-corrected chi connectivity index (χ1v) is 7.52. The Morgan fingerprint density at radius 1 is 1.44 bits per heavy atom. The third-order valence-electron chi connectivity index (χ3n) is 3.70. The van der Waals surface area contributed by atoms with Crippen LogP contribution >= 0.6 is 11.3 Å². The maximum absolute atomic E-state index is 10.9. The molecule has 0 saturated heterocycles. The fraction of sp³-hybridized carbons (Fsp3) is 0.643. The van der Waals surface area contributed by atoms with E-state index in [9.17, 15) is 4.79 Å². The molecule has 2 N–H and O–H groups in total. The maximum atomic E-state index is 10.9. The topological polar surface area (TPSA) is 49.3 Å². The van der Waals surface area contributed by atoms with Crippen LogP contribution in [0.1, 0.15) is 52.2 Å². The Kier molecular flexibility index (Phi) is 4.78. The summed E-state index contributed by atoms with van der Waals surface area (Å²) in [5.74, 6) is -0.00161. The van der Waals surface area contributed by atoms with Gasteiger partial charge in [-0.1, -0.05) is 19.3 Å². The van der Waals surface area contributed by atoms with Crippen molar-refractivity contribution in [2.45, 2.75) is 45.6 Å².